The van der Waals surface area contributed by atoms with Gasteiger partial charge in [-0.15, -0.1) is 0 Å². The summed E-state index contributed by atoms with van der Waals surface area (Å²) in [6.45, 7) is 0.192. The Balaban J connectivity index is 2.22. The largest absolute Gasteiger partial charge is 0.496 e. The van der Waals surface area contributed by atoms with Gasteiger partial charge in [-0.05, 0) is 30.7 Å². The molecule has 0 saturated carbocycles. The van der Waals surface area contributed by atoms with Crippen molar-refractivity contribution in [1.82, 2.24) is 0 Å². The van der Waals surface area contributed by atoms with E-state index in [9.17, 15) is 13.2 Å². The Morgan fingerprint density at radius 2 is 1.69 bits per heavy atom. The highest BCUT2D eigenvalue weighted by molar-refractivity contribution is 7.95. The summed E-state index contributed by atoms with van der Waals surface area (Å²) in [4.78, 5) is 10.6. The van der Waals surface area contributed by atoms with Crippen molar-refractivity contribution >= 4 is 33.4 Å². The van der Waals surface area contributed by atoms with Crippen LogP contribution < -0.4 is 29.4 Å². The maximum Gasteiger partial charge on any atom is 0.303 e. The van der Waals surface area contributed by atoms with Crippen LogP contribution in [0, 0.1) is 0 Å². The van der Waals surface area contributed by atoms with Crippen molar-refractivity contribution in [2.75, 3.05) is 38.4 Å². The fourth-order valence-corrected chi connectivity index (χ4v) is 3.57. The summed E-state index contributed by atoms with van der Waals surface area (Å²) in [6.07, 6.45) is 1.66. The first-order valence-electron chi connectivity index (χ1n) is 9.44. The molecule has 10 nitrogen and oxygen atoms in total. The van der Waals surface area contributed by atoms with Crippen molar-refractivity contribution in [3.05, 3.63) is 41.3 Å². The number of aliphatic carboxylic acids is 1. The van der Waals surface area contributed by atoms with Crippen LogP contribution in [0.3, 0.4) is 0 Å². The van der Waals surface area contributed by atoms with Crippen molar-refractivity contribution in [1.29, 1.82) is 0 Å². The van der Waals surface area contributed by atoms with Crippen LogP contribution in [0.5, 0.6) is 23.0 Å². The van der Waals surface area contributed by atoms with Crippen LogP contribution in [-0.4, -0.2) is 47.4 Å². The van der Waals surface area contributed by atoms with Gasteiger partial charge in [-0.3, -0.25) is 9.52 Å². The molecule has 0 spiro atoms. The lowest BCUT2D eigenvalue weighted by molar-refractivity contribution is -0.137. The van der Waals surface area contributed by atoms with Gasteiger partial charge >= 0.3 is 5.97 Å². The molecule has 174 valence electrons. The number of hydrogen-bond acceptors (Lipinski definition) is 8. The summed E-state index contributed by atoms with van der Waals surface area (Å²) >= 11 is 0. The van der Waals surface area contributed by atoms with Gasteiger partial charge in [-0.2, -0.15) is 0 Å². The highest BCUT2D eigenvalue weighted by Crippen LogP contribution is 2.35. The second kappa shape index (κ2) is 11.1. The number of nitrogens with two attached hydrogens (primary N) is 1. The minimum absolute atomic E-state index is 0.0141. The topological polar surface area (TPSA) is 146 Å². The van der Waals surface area contributed by atoms with E-state index in [1.54, 1.807) is 18.2 Å². The van der Waals surface area contributed by atoms with Crippen molar-refractivity contribution in [3.8, 4) is 23.0 Å². The van der Waals surface area contributed by atoms with E-state index in [0.29, 0.717) is 40.7 Å². The summed E-state index contributed by atoms with van der Waals surface area (Å²) in [7, 11) is 0.431. The minimum atomic E-state index is -3.88. The number of carboxylic acid groups (broad SMARTS) is 1. The Kier molecular flexibility index (Phi) is 8.59. The number of anilines is 2. The lowest BCUT2D eigenvalue weighted by atomic mass is 10.1. The molecule has 0 aromatic heterocycles. The summed E-state index contributed by atoms with van der Waals surface area (Å²) < 4.78 is 48.7. The first-order chi connectivity index (χ1) is 15.2. The zero-order valence-corrected chi connectivity index (χ0v) is 18.8. The maximum atomic E-state index is 12.5. The van der Waals surface area contributed by atoms with Crippen LogP contribution in [0.2, 0.25) is 0 Å². The van der Waals surface area contributed by atoms with Gasteiger partial charge < -0.3 is 29.8 Å². The monoisotopic (exact) mass is 466 g/mol. The third kappa shape index (κ3) is 6.98. The smallest absolute Gasteiger partial charge is 0.303 e. The Hall–Kier alpha value is -3.60. The Labute approximate surface area is 186 Å². The molecule has 0 unspecified atom stereocenters. The SMILES string of the molecule is COc1ccc(NS(=O)(=O)/C=C/c2c(OC)cc(OCCCC(=O)O)cc2OC)cc1N. The predicted molar refractivity (Wildman–Crippen MR) is 121 cm³/mol. The molecule has 0 atom stereocenters. The molecule has 0 amide bonds. The standard InChI is InChI=1S/C21H26N2O8S/c1-28-18-7-6-14(11-17(18)22)23-32(26,27)10-8-16-19(29-2)12-15(13-20(16)30-3)31-9-4-5-21(24)25/h6-8,10-13,23H,4-5,9,22H2,1-3H3,(H,24,25)/b10-8+. The number of nitrogen functional groups attached to an aromatic ring is 1. The summed E-state index contributed by atoms with van der Waals surface area (Å²) in [6, 6.07) is 7.65. The summed E-state index contributed by atoms with van der Waals surface area (Å²) in [5, 5.41) is 9.67. The van der Waals surface area contributed by atoms with Crippen molar-refractivity contribution in [3.63, 3.8) is 0 Å². The number of carbonyl (C=O) groups is 1. The van der Waals surface area contributed by atoms with Crippen LogP contribution in [0.15, 0.2) is 35.7 Å². The fourth-order valence-electron chi connectivity index (χ4n) is 2.73. The van der Waals surface area contributed by atoms with Crippen molar-refractivity contribution in [2.24, 2.45) is 0 Å². The quantitative estimate of drug-likeness (QED) is 0.317. The molecular formula is C21H26N2O8S. The number of ether oxygens (including phenoxy) is 4. The predicted octanol–water partition coefficient (Wildman–Crippen LogP) is 2.95. The van der Waals surface area contributed by atoms with Crippen LogP contribution in [-0.2, 0) is 14.8 Å². The number of hydrogen-bond donors (Lipinski definition) is 3. The number of methoxy groups -OCH3 is 3. The van der Waals surface area contributed by atoms with Gasteiger partial charge in [0.2, 0.25) is 0 Å². The zero-order chi connectivity index (χ0) is 23.7. The highest BCUT2D eigenvalue weighted by atomic mass is 32.2. The number of benzene rings is 2. The maximum absolute atomic E-state index is 12.5. The zero-order valence-electron chi connectivity index (χ0n) is 18.0. The molecule has 0 aliphatic heterocycles. The van der Waals surface area contributed by atoms with Crippen LogP contribution >= 0.6 is 0 Å². The average molecular weight is 467 g/mol. The third-order valence-corrected chi connectivity index (χ3v) is 5.24. The third-order valence-electron chi connectivity index (χ3n) is 4.22. The van der Waals surface area contributed by atoms with E-state index >= 15 is 0 Å². The van der Waals surface area contributed by atoms with Gasteiger partial charge in [0, 0.05) is 18.6 Å². The van der Waals surface area contributed by atoms with E-state index in [1.807, 2.05) is 0 Å². The van der Waals surface area contributed by atoms with Crippen LogP contribution in [0.25, 0.3) is 6.08 Å². The van der Waals surface area contributed by atoms with Gasteiger partial charge in [0.05, 0.1) is 50.3 Å². The molecule has 0 radical (unpaired) electrons. The number of nitrogens with one attached hydrogen (secondary N) is 1. The lowest BCUT2D eigenvalue weighted by Crippen LogP contribution is -2.09. The normalized spacial score (nSPS) is 11.2. The van der Waals surface area contributed by atoms with E-state index in [-0.39, 0.29) is 18.7 Å². The summed E-state index contributed by atoms with van der Waals surface area (Å²) in [5.41, 5.74) is 6.76. The molecule has 32 heavy (non-hydrogen) atoms. The molecule has 0 heterocycles. The molecule has 0 bridgehead atoms. The molecule has 4 N–H and O–H groups in total. The molecule has 2 rings (SSSR count). The molecule has 0 aliphatic carbocycles. The Morgan fingerprint density at radius 3 is 2.22 bits per heavy atom. The second-order valence-corrected chi connectivity index (χ2v) is 8.06. The van der Waals surface area contributed by atoms with Crippen molar-refractivity contribution in [2.45, 2.75) is 12.8 Å². The van der Waals surface area contributed by atoms with Gasteiger partial charge in [0.15, 0.2) is 0 Å². The van der Waals surface area contributed by atoms with Gasteiger partial charge in [0.1, 0.15) is 23.0 Å². The second-order valence-electron chi connectivity index (χ2n) is 6.49. The average Bonchev–Trinajstić information content (AvgIpc) is 2.74. The first kappa shape index (κ1) is 24.7. The van der Waals surface area contributed by atoms with E-state index in [0.717, 1.165) is 5.41 Å². The number of rotatable bonds is 12. The Morgan fingerprint density at radius 1 is 1.06 bits per heavy atom. The number of sulfonamides is 1. The van der Waals surface area contributed by atoms with E-state index in [4.69, 9.17) is 29.8 Å². The van der Waals surface area contributed by atoms with Gasteiger partial charge in [0.25, 0.3) is 10.0 Å². The summed E-state index contributed by atoms with van der Waals surface area (Å²) in [5.74, 6) is 0.561. The van der Waals surface area contributed by atoms with E-state index in [1.165, 1.54) is 39.5 Å². The van der Waals surface area contributed by atoms with Crippen molar-refractivity contribution < 1.29 is 37.3 Å². The molecule has 0 saturated heterocycles. The lowest BCUT2D eigenvalue weighted by Gasteiger charge is -2.14. The van der Waals surface area contributed by atoms with E-state index in [2.05, 4.69) is 4.72 Å². The molecule has 2 aromatic rings. The van der Waals surface area contributed by atoms with Gasteiger partial charge in [-0.1, -0.05) is 0 Å². The molecule has 11 heteroatoms. The number of carboxylic acids is 1. The fraction of sp³-hybridized carbons (Fsp3) is 0.286. The van der Waals surface area contributed by atoms with Crippen LogP contribution in [0.1, 0.15) is 18.4 Å². The molecule has 0 fully saturated rings. The minimum Gasteiger partial charge on any atom is -0.496 e. The van der Waals surface area contributed by atoms with Crippen LogP contribution in [0.4, 0.5) is 11.4 Å². The van der Waals surface area contributed by atoms with E-state index < -0.39 is 16.0 Å². The molecular weight excluding hydrogens is 440 g/mol. The highest BCUT2D eigenvalue weighted by Gasteiger charge is 2.14. The van der Waals surface area contributed by atoms with Gasteiger partial charge in [-0.25, -0.2) is 8.42 Å². The molecule has 0 aliphatic rings. The Bertz CT molecular complexity index is 1060. The molecule has 2 aromatic carbocycles. The first-order valence-corrected chi connectivity index (χ1v) is 11.0.